The molecule has 1 aromatic heterocycles. The Morgan fingerprint density at radius 3 is 2.71 bits per heavy atom. The van der Waals surface area contributed by atoms with E-state index in [-0.39, 0.29) is 46.5 Å². The van der Waals surface area contributed by atoms with Crippen molar-refractivity contribution in [3.63, 3.8) is 0 Å². The maximum absolute atomic E-state index is 13.5. The number of nitrogens with zero attached hydrogens (tertiary/aromatic N) is 1. The Labute approximate surface area is 142 Å². The van der Waals surface area contributed by atoms with Crippen LogP contribution in [0, 0.1) is 5.82 Å². The van der Waals surface area contributed by atoms with Crippen LogP contribution in [0.5, 0.6) is 0 Å². The number of hydrogen-bond acceptors (Lipinski definition) is 3. The van der Waals surface area contributed by atoms with Crippen molar-refractivity contribution in [1.82, 2.24) is 4.57 Å². The molecule has 0 fully saturated rings. The molecule has 1 aromatic carbocycles. The Kier molecular flexibility index (Phi) is 5.33. The van der Waals surface area contributed by atoms with E-state index in [1.807, 2.05) is 6.92 Å². The zero-order valence-electron chi connectivity index (χ0n) is 11.8. The maximum atomic E-state index is 13.5. The van der Waals surface area contributed by atoms with Gasteiger partial charge in [0.25, 0.3) is 0 Å². The number of aryl methyl sites for hydroxylation is 1. The van der Waals surface area contributed by atoms with Gasteiger partial charge in [0.2, 0.25) is 0 Å². The number of aromatic nitrogens is 1. The Balaban J connectivity index is 0.00000110. The van der Waals surface area contributed by atoms with E-state index in [0.717, 1.165) is 18.1 Å². The zero-order valence-corrected chi connectivity index (χ0v) is 13.8. The molecule has 0 bridgehead atoms. The van der Waals surface area contributed by atoms with Crippen LogP contribution in [0.1, 0.15) is 35.3 Å². The van der Waals surface area contributed by atoms with Crippen LogP contribution < -0.4 is 40.1 Å². The van der Waals surface area contributed by atoms with Crippen molar-refractivity contribution in [3.05, 3.63) is 45.5 Å². The summed E-state index contributed by atoms with van der Waals surface area (Å²) < 4.78 is 15.3. The van der Waals surface area contributed by atoms with Crippen molar-refractivity contribution in [2.24, 2.45) is 0 Å². The fourth-order valence-corrected chi connectivity index (χ4v) is 2.73. The predicted octanol–water partition coefficient (Wildman–Crippen LogP) is -2.81. The van der Waals surface area contributed by atoms with Crippen LogP contribution in [-0.4, -0.2) is 16.0 Å². The van der Waals surface area contributed by atoms with Crippen LogP contribution in [-0.2, 0) is 6.42 Å². The molecule has 0 aliphatic carbocycles. The summed E-state index contributed by atoms with van der Waals surface area (Å²) in [6.07, 6.45) is 2.77. The van der Waals surface area contributed by atoms with Gasteiger partial charge in [-0.05, 0) is 37.5 Å². The summed E-state index contributed by atoms with van der Waals surface area (Å²) in [5.74, 6) is -2.05. The van der Waals surface area contributed by atoms with Crippen molar-refractivity contribution < 1.29 is 49.3 Å². The molecule has 0 saturated carbocycles. The molecule has 0 radical (unpaired) electrons. The molecule has 1 aliphatic heterocycles. The minimum Gasteiger partial charge on any atom is -0.545 e. The van der Waals surface area contributed by atoms with Gasteiger partial charge in [-0.3, -0.25) is 4.79 Å². The molecule has 1 atom stereocenters. The maximum Gasteiger partial charge on any atom is 1.00 e. The summed E-state index contributed by atoms with van der Waals surface area (Å²) in [6.45, 7) is 1.94. The molecule has 0 spiro atoms. The number of carbonyl (C=O) groups excluding carboxylic acids is 1. The fraction of sp³-hybridized carbons (Fsp3) is 0.286. The first-order valence-corrected chi connectivity index (χ1v) is 6.07. The van der Waals surface area contributed by atoms with Crippen LogP contribution >= 0.6 is 0 Å². The number of carbonyl (C=O) groups is 1. The van der Waals surface area contributed by atoms with Gasteiger partial charge in [0.15, 0.2) is 5.43 Å². The third-order valence-corrected chi connectivity index (χ3v) is 3.70. The van der Waals surface area contributed by atoms with Crippen LogP contribution in [0.25, 0.3) is 10.9 Å². The largest absolute Gasteiger partial charge is 1.00 e. The molecule has 0 saturated heterocycles. The van der Waals surface area contributed by atoms with Crippen molar-refractivity contribution in [3.8, 4) is 0 Å². The quantitative estimate of drug-likeness (QED) is 0.532. The van der Waals surface area contributed by atoms with Crippen LogP contribution in [0.4, 0.5) is 4.39 Å². The number of halogens is 1. The SMILES string of the molecule is CC1CCc2cc(F)cc3c(=O)c(C(=O)[O-])cn1c23.O.[Na+]. The molecular weight excluding hydrogens is 288 g/mol. The van der Waals surface area contributed by atoms with Crippen LogP contribution in [0.2, 0.25) is 0 Å². The van der Waals surface area contributed by atoms with E-state index >= 15 is 0 Å². The van der Waals surface area contributed by atoms with E-state index in [9.17, 15) is 19.1 Å². The van der Waals surface area contributed by atoms with E-state index in [1.165, 1.54) is 12.3 Å². The Hall–Kier alpha value is -1.21. The van der Waals surface area contributed by atoms with Crippen molar-refractivity contribution in [2.45, 2.75) is 25.8 Å². The summed E-state index contributed by atoms with van der Waals surface area (Å²) in [5, 5.41) is 11.1. The van der Waals surface area contributed by atoms with Crippen LogP contribution in [0.3, 0.4) is 0 Å². The second-order valence-corrected chi connectivity index (χ2v) is 4.92. The fourth-order valence-electron chi connectivity index (χ4n) is 2.73. The standard InChI is InChI=1S/C14H12FNO3.Na.H2O/c1-7-2-3-8-4-9(15)5-10-12(8)16(7)6-11(13(10)17)14(18)19;;/h4-7H,2-3H2,1H3,(H,18,19);;1H2/q;+1;/p-1. The minimum atomic E-state index is -1.53. The zero-order chi connectivity index (χ0) is 13.7. The van der Waals surface area contributed by atoms with Gasteiger partial charge in [-0.1, -0.05) is 0 Å². The van der Waals surface area contributed by atoms with E-state index in [4.69, 9.17) is 0 Å². The number of aromatic carboxylic acids is 1. The van der Waals surface area contributed by atoms with Gasteiger partial charge < -0.3 is 19.9 Å². The molecular formula is C14H13FNNaO4. The number of carboxylic acids is 1. The van der Waals surface area contributed by atoms with Gasteiger partial charge in [0, 0.05) is 17.6 Å². The van der Waals surface area contributed by atoms with Crippen molar-refractivity contribution in [2.75, 3.05) is 0 Å². The number of hydrogen-bond donors (Lipinski definition) is 0. The molecule has 5 nitrogen and oxygen atoms in total. The molecule has 21 heavy (non-hydrogen) atoms. The second kappa shape index (κ2) is 6.27. The van der Waals surface area contributed by atoms with Gasteiger partial charge in [-0.25, -0.2) is 4.39 Å². The first-order valence-electron chi connectivity index (χ1n) is 6.07. The third kappa shape index (κ3) is 2.76. The molecule has 7 heteroatoms. The molecule has 2 aromatic rings. The van der Waals surface area contributed by atoms with E-state index < -0.39 is 22.8 Å². The number of benzene rings is 1. The first kappa shape index (κ1) is 17.8. The van der Waals surface area contributed by atoms with Crippen molar-refractivity contribution in [1.29, 1.82) is 0 Å². The second-order valence-electron chi connectivity index (χ2n) is 4.92. The van der Waals surface area contributed by atoms with E-state index in [2.05, 4.69) is 0 Å². The van der Waals surface area contributed by atoms with Gasteiger partial charge >= 0.3 is 29.6 Å². The van der Waals surface area contributed by atoms with Crippen molar-refractivity contribution >= 4 is 16.9 Å². The molecule has 1 unspecified atom stereocenters. The Bertz CT molecular complexity index is 772. The van der Waals surface area contributed by atoms with E-state index in [1.54, 1.807) is 4.57 Å². The minimum absolute atomic E-state index is 0. The van der Waals surface area contributed by atoms with Gasteiger partial charge in [0.1, 0.15) is 5.82 Å². The Morgan fingerprint density at radius 1 is 1.43 bits per heavy atom. The summed E-state index contributed by atoms with van der Waals surface area (Å²) in [7, 11) is 0. The molecule has 0 amide bonds. The summed E-state index contributed by atoms with van der Waals surface area (Å²) >= 11 is 0. The summed E-state index contributed by atoms with van der Waals surface area (Å²) in [5.41, 5.74) is 0.282. The average molecular weight is 301 g/mol. The third-order valence-electron chi connectivity index (χ3n) is 3.70. The van der Waals surface area contributed by atoms with Gasteiger partial charge in [-0.15, -0.1) is 0 Å². The van der Waals surface area contributed by atoms with Gasteiger partial charge in [-0.2, -0.15) is 0 Å². The molecule has 2 heterocycles. The average Bonchev–Trinajstić information content (AvgIpc) is 2.35. The first-order chi connectivity index (χ1) is 8.99. The predicted molar refractivity (Wildman–Crippen MR) is 69.1 cm³/mol. The summed E-state index contributed by atoms with van der Waals surface area (Å²) in [4.78, 5) is 23.1. The normalized spacial score (nSPS) is 16.0. The molecule has 1 aliphatic rings. The number of carboxylic acid groups (broad SMARTS) is 1. The monoisotopic (exact) mass is 301 g/mol. The van der Waals surface area contributed by atoms with E-state index in [0.29, 0.717) is 11.9 Å². The Morgan fingerprint density at radius 2 is 2.10 bits per heavy atom. The summed E-state index contributed by atoms with van der Waals surface area (Å²) in [6, 6.07) is 2.57. The number of rotatable bonds is 1. The van der Waals surface area contributed by atoms with Gasteiger partial charge in [0.05, 0.1) is 17.0 Å². The molecule has 106 valence electrons. The van der Waals surface area contributed by atoms with Crippen LogP contribution in [0.15, 0.2) is 23.1 Å². The molecule has 3 rings (SSSR count). The topological polar surface area (TPSA) is 93.6 Å². The molecule has 2 N–H and O–H groups in total. The number of pyridine rings is 1. The smallest absolute Gasteiger partial charge is 0.545 e.